The lowest BCUT2D eigenvalue weighted by atomic mass is 9.93. The number of benzene rings is 1. The molecule has 4 heteroatoms. The molecule has 1 aromatic carbocycles. The molecule has 1 aliphatic carbocycles. The van der Waals surface area contributed by atoms with Crippen LogP contribution in [0, 0.1) is 0 Å². The van der Waals surface area contributed by atoms with Crippen LogP contribution < -0.4 is 4.74 Å². The number of halogens is 1. The number of hydrogen-bond acceptors (Lipinski definition) is 3. The summed E-state index contributed by atoms with van der Waals surface area (Å²) < 4.78 is 12.3. The smallest absolute Gasteiger partial charge is 0.120 e. The number of likely N-dealkylation sites (tertiary alicyclic amines) is 1. The Bertz CT molecular complexity index is 491. The third-order valence-corrected chi connectivity index (χ3v) is 5.66. The van der Waals surface area contributed by atoms with Crippen molar-refractivity contribution in [2.45, 2.75) is 63.6 Å². The predicted octanol–water partition coefficient (Wildman–Crippen LogP) is 4.92. The molecular weight excluding hydrogens is 322 g/mol. The summed E-state index contributed by atoms with van der Waals surface area (Å²) in [5.74, 6) is 0.913. The molecule has 134 valence electrons. The molecule has 1 saturated heterocycles. The number of ether oxygens (including phenoxy) is 2. The van der Waals surface area contributed by atoms with Crippen LogP contribution in [0.1, 0.15) is 51.9 Å². The maximum Gasteiger partial charge on any atom is 0.120 e. The van der Waals surface area contributed by atoms with Crippen molar-refractivity contribution in [3.05, 3.63) is 29.3 Å². The van der Waals surface area contributed by atoms with Gasteiger partial charge in [-0.3, -0.25) is 0 Å². The van der Waals surface area contributed by atoms with Gasteiger partial charge < -0.3 is 14.4 Å². The Balaban J connectivity index is 1.37. The summed E-state index contributed by atoms with van der Waals surface area (Å²) in [6, 6.07) is 7.69. The van der Waals surface area contributed by atoms with Crippen LogP contribution in [0.5, 0.6) is 5.75 Å². The predicted molar refractivity (Wildman–Crippen MR) is 99.0 cm³/mol. The van der Waals surface area contributed by atoms with E-state index in [1.54, 1.807) is 0 Å². The Kier molecular flexibility index (Phi) is 6.43. The van der Waals surface area contributed by atoms with E-state index < -0.39 is 0 Å². The lowest BCUT2D eigenvalue weighted by Crippen LogP contribution is -2.47. The van der Waals surface area contributed by atoms with E-state index in [1.165, 1.54) is 32.1 Å². The normalized spacial score (nSPS) is 22.4. The lowest BCUT2D eigenvalue weighted by Gasteiger charge is -2.39. The van der Waals surface area contributed by atoms with Gasteiger partial charge >= 0.3 is 0 Å². The second-order valence-electron chi connectivity index (χ2n) is 7.48. The highest BCUT2D eigenvalue weighted by atomic mass is 35.5. The first kappa shape index (κ1) is 18.0. The Morgan fingerprint density at radius 3 is 2.42 bits per heavy atom. The first-order valence-corrected chi connectivity index (χ1v) is 9.79. The minimum Gasteiger partial charge on any atom is -0.487 e. The molecule has 2 aliphatic rings. The van der Waals surface area contributed by atoms with E-state index in [1.807, 2.05) is 24.3 Å². The van der Waals surface area contributed by atoms with Crippen molar-refractivity contribution in [1.29, 1.82) is 0 Å². The summed E-state index contributed by atoms with van der Waals surface area (Å²) in [7, 11) is 0. The van der Waals surface area contributed by atoms with Gasteiger partial charge in [0, 0.05) is 24.7 Å². The van der Waals surface area contributed by atoms with E-state index in [0.717, 1.165) is 49.9 Å². The molecule has 0 amide bonds. The molecule has 0 bridgehead atoms. The molecule has 1 saturated carbocycles. The van der Waals surface area contributed by atoms with Crippen molar-refractivity contribution in [3.8, 4) is 5.75 Å². The van der Waals surface area contributed by atoms with Crippen molar-refractivity contribution < 1.29 is 9.47 Å². The summed E-state index contributed by atoms with van der Waals surface area (Å²) in [5.41, 5.74) is -0.0748. The van der Waals surface area contributed by atoms with Crippen LogP contribution >= 0.6 is 11.6 Å². The van der Waals surface area contributed by atoms with E-state index in [-0.39, 0.29) is 5.60 Å². The molecule has 0 unspecified atom stereocenters. The van der Waals surface area contributed by atoms with Crippen LogP contribution in [0.3, 0.4) is 0 Å². The van der Waals surface area contributed by atoms with Gasteiger partial charge in [0.15, 0.2) is 0 Å². The first-order chi connectivity index (χ1) is 11.6. The molecule has 0 atom stereocenters. The zero-order chi connectivity index (χ0) is 16.8. The molecule has 3 nitrogen and oxygen atoms in total. The van der Waals surface area contributed by atoms with Gasteiger partial charge in [-0.25, -0.2) is 0 Å². The van der Waals surface area contributed by atoms with Gasteiger partial charge in [0.1, 0.15) is 11.4 Å². The van der Waals surface area contributed by atoms with Crippen molar-refractivity contribution in [1.82, 2.24) is 4.90 Å². The highest BCUT2D eigenvalue weighted by Crippen LogP contribution is 2.29. The van der Waals surface area contributed by atoms with Crippen LogP contribution in [-0.2, 0) is 4.74 Å². The molecule has 3 rings (SSSR count). The fourth-order valence-electron chi connectivity index (χ4n) is 3.72. The Morgan fingerprint density at radius 2 is 1.75 bits per heavy atom. The zero-order valence-corrected chi connectivity index (χ0v) is 15.6. The van der Waals surface area contributed by atoms with Gasteiger partial charge in [-0.15, -0.1) is 0 Å². The topological polar surface area (TPSA) is 21.7 Å². The van der Waals surface area contributed by atoms with Gasteiger partial charge in [-0.2, -0.15) is 0 Å². The fraction of sp³-hybridized carbons (Fsp3) is 0.700. The van der Waals surface area contributed by atoms with Gasteiger partial charge in [0.25, 0.3) is 0 Å². The molecule has 0 spiro atoms. The van der Waals surface area contributed by atoms with Crippen LogP contribution in [0.25, 0.3) is 0 Å². The zero-order valence-electron chi connectivity index (χ0n) is 14.8. The summed E-state index contributed by atoms with van der Waals surface area (Å²) >= 11 is 5.94. The molecular formula is C20H30ClNO2. The molecule has 24 heavy (non-hydrogen) atoms. The van der Waals surface area contributed by atoms with E-state index in [2.05, 4.69) is 11.8 Å². The molecule has 1 aliphatic heterocycles. The van der Waals surface area contributed by atoms with Crippen molar-refractivity contribution >= 4 is 11.6 Å². The third-order valence-electron chi connectivity index (χ3n) is 5.40. The fourth-order valence-corrected chi connectivity index (χ4v) is 3.85. The van der Waals surface area contributed by atoms with Gasteiger partial charge in [-0.1, -0.05) is 30.9 Å². The minimum absolute atomic E-state index is 0.0748. The van der Waals surface area contributed by atoms with Crippen LogP contribution in [0.4, 0.5) is 0 Å². The summed E-state index contributed by atoms with van der Waals surface area (Å²) in [6.45, 7) is 6.31. The summed E-state index contributed by atoms with van der Waals surface area (Å²) in [4.78, 5) is 2.51. The number of piperidine rings is 1. The second kappa shape index (κ2) is 8.55. The van der Waals surface area contributed by atoms with Crippen LogP contribution in [0.2, 0.25) is 5.02 Å². The van der Waals surface area contributed by atoms with E-state index in [4.69, 9.17) is 21.1 Å². The van der Waals surface area contributed by atoms with Crippen LogP contribution in [0.15, 0.2) is 24.3 Å². The van der Waals surface area contributed by atoms with Crippen LogP contribution in [-0.4, -0.2) is 42.8 Å². The highest BCUT2D eigenvalue weighted by molar-refractivity contribution is 6.30. The van der Waals surface area contributed by atoms with Gasteiger partial charge in [-0.05, 0) is 56.9 Å². The molecule has 2 fully saturated rings. The standard InChI is InChI=1S/C20H30ClNO2/c1-20(24-19-9-7-17(21)8-10-19)11-13-22(14-12-20)15-16-23-18-5-3-2-4-6-18/h7-10,18H,2-6,11-16H2,1H3. The first-order valence-electron chi connectivity index (χ1n) is 9.42. The maximum absolute atomic E-state index is 6.23. The van der Waals surface area contributed by atoms with Gasteiger partial charge in [0.05, 0.1) is 12.7 Å². The Labute approximate surface area is 151 Å². The molecule has 1 heterocycles. The van der Waals surface area contributed by atoms with Crippen molar-refractivity contribution in [3.63, 3.8) is 0 Å². The van der Waals surface area contributed by atoms with E-state index in [9.17, 15) is 0 Å². The van der Waals surface area contributed by atoms with Gasteiger partial charge in [0.2, 0.25) is 0 Å². The number of rotatable bonds is 6. The SMILES string of the molecule is CC1(Oc2ccc(Cl)cc2)CCN(CCOC2CCCCC2)CC1. The Hall–Kier alpha value is -0.770. The average molecular weight is 352 g/mol. The average Bonchev–Trinajstić information content (AvgIpc) is 2.60. The minimum atomic E-state index is -0.0748. The third kappa shape index (κ3) is 5.37. The lowest BCUT2D eigenvalue weighted by molar-refractivity contribution is -0.0120. The molecule has 0 aromatic heterocycles. The van der Waals surface area contributed by atoms with E-state index in [0.29, 0.717) is 6.10 Å². The second-order valence-corrected chi connectivity index (χ2v) is 7.91. The summed E-state index contributed by atoms with van der Waals surface area (Å²) in [6.07, 6.45) is 9.21. The highest BCUT2D eigenvalue weighted by Gasteiger charge is 2.32. The Morgan fingerprint density at radius 1 is 1.08 bits per heavy atom. The van der Waals surface area contributed by atoms with Crippen molar-refractivity contribution in [2.75, 3.05) is 26.2 Å². The molecule has 0 N–H and O–H groups in total. The monoisotopic (exact) mass is 351 g/mol. The summed E-state index contributed by atoms with van der Waals surface area (Å²) in [5, 5.41) is 0.750. The van der Waals surface area contributed by atoms with Crippen molar-refractivity contribution in [2.24, 2.45) is 0 Å². The number of hydrogen-bond donors (Lipinski definition) is 0. The molecule has 0 radical (unpaired) electrons. The largest absolute Gasteiger partial charge is 0.487 e. The quantitative estimate of drug-likeness (QED) is 0.725. The van der Waals surface area contributed by atoms with E-state index >= 15 is 0 Å². The maximum atomic E-state index is 6.23. The number of nitrogens with zero attached hydrogens (tertiary/aromatic N) is 1. The molecule has 1 aromatic rings.